The van der Waals surface area contributed by atoms with E-state index in [0.29, 0.717) is 0 Å². The Morgan fingerprint density at radius 3 is 2.05 bits per heavy atom. The van der Waals surface area contributed by atoms with Gasteiger partial charge in [0.25, 0.3) is 0 Å². The Kier molecular flexibility index (Phi) is 4.17. The lowest BCUT2D eigenvalue weighted by Gasteiger charge is -2.43. The van der Waals surface area contributed by atoms with Gasteiger partial charge in [0.15, 0.2) is 0 Å². The van der Waals surface area contributed by atoms with Crippen LogP contribution in [-0.2, 0) is 7.05 Å². The molecule has 4 heterocycles. The van der Waals surface area contributed by atoms with E-state index in [0.717, 1.165) is 17.1 Å². The number of rotatable bonds is 2. The number of para-hydroxylation sites is 2. The minimum atomic E-state index is 0.0264. The summed E-state index contributed by atoms with van der Waals surface area (Å²) in [5, 5.41) is 0. The van der Waals surface area contributed by atoms with Crippen LogP contribution in [0.25, 0.3) is 39.3 Å². The van der Waals surface area contributed by atoms with Crippen LogP contribution in [0.1, 0.15) is 0 Å². The fraction of sp³-hybridized carbons (Fsp3) is 0.0323. The molecule has 0 amide bonds. The molecule has 37 heavy (non-hydrogen) atoms. The SMILES string of the molecule is Cn1ccnc1-c1ccc2c(c1)B1c3cc(-n4ccnc4)ccc3-c3ccccc3N1c1ccccc1-2. The molecule has 0 radical (unpaired) electrons. The van der Waals surface area contributed by atoms with Crippen molar-refractivity contribution in [1.82, 2.24) is 19.1 Å². The monoisotopic (exact) mass is 475 g/mol. The van der Waals surface area contributed by atoms with Crippen LogP contribution in [0.5, 0.6) is 0 Å². The van der Waals surface area contributed by atoms with Crippen molar-refractivity contribution >= 4 is 29.1 Å². The zero-order chi connectivity index (χ0) is 24.5. The summed E-state index contributed by atoms with van der Waals surface area (Å²) in [6, 6.07) is 31.1. The quantitative estimate of drug-likeness (QED) is 0.324. The van der Waals surface area contributed by atoms with Crippen molar-refractivity contribution in [2.45, 2.75) is 0 Å². The molecular weight excluding hydrogens is 453 g/mol. The fourth-order valence-electron chi connectivity index (χ4n) is 6.09. The largest absolute Gasteiger partial charge is 0.376 e. The standard InChI is InChI=1S/C31H22BN5/c1-35-16-15-34-31(35)21-10-12-23-25-6-2-4-8-29(25)37-30-9-5-3-7-26(30)24-13-11-22(36-17-14-33-20-36)19-28(24)32(37)27(23)18-21/h2-20H,1H3. The molecular formula is C31H22BN5. The van der Waals surface area contributed by atoms with Crippen molar-refractivity contribution in [3.05, 3.63) is 116 Å². The van der Waals surface area contributed by atoms with Crippen LogP contribution < -0.4 is 15.7 Å². The molecule has 0 saturated carbocycles. The zero-order valence-corrected chi connectivity index (χ0v) is 20.3. The molecule has 0 saturated heterocycles. The van der Waals surface area contributed by atoms with E-state index in [1.54, 1.807) is 0 Å². The van der Waals surface area contributed by atoms with Gasteiger partial charge in [0.05, 0.1) is 6.33 Å². The first-order valence-electron chi connectivity index (χ1n) is 12.5. The summed E-state index contributed by atoms with van der Waals surface area (Å²) in [7, 11) is 2.05. The predicted molar refractivity (Wildman–Crippen MR) is 150 cm³/mol. The molecule has 0 fully saturated rings. The van der Waals surface area contributed by atoms with Gasteiger partial charge in [-0.05, 0) is 46.3 Å². The summed E-state index contributed by atoms with van der Waals surface area (Å²) >= 11 is 0. The summed E-state index contributed by atoms with van der Waals surface area (Å²) in [6.07, 6.45) is 9.55. The number of imidazole rings is 2. The molecule has 6 heteroatoms. The highest BCUT2D eigenvalue weighted by atomic mass is 15.1. The van der Waals surface area contributed by atoms with E-state index in [1.165, 1.54) is 44.6 Å². The third-order valence-corrected chi connectivity index (χ3v) is 7.72. The highest BCUT2D eigenvalue weighted by Gasteiger charge is 2.42. The number of hydrogen-bond donors (Lipinski definition) is 0. The Morgan fingerprint density at radius 1 is 0.676 bits per heavy atom. The van der Waals surface area contributed by atoms with Crippen LogP contribution in [-0.4, -0.2) is 25.9 Å². The molecule has 2 aliphatic rings. The molecule has 0 spiro atoms. The predicted octanol–water partition coefficient (Wildman–Crippen LogP) is 5.18. The van der Waals surface area contributed by atoms with E-state index in [2.05, 4.69) is 109 Å². The van der Waals surface area contributed by atoms with E-state index in [9.17, 15) is 0 Å². The van der Waals surface area contributed by atoms with Crippen molar-refractivity contribution in [3.63, 3.8) is 0 Å². The van der Waals surface area contributed by atoms with Gasteiger partial charge < -0.3 is 13.9 Å². The minimum absolute atomic E-state index is 0.0264. The molecule has 4 aromatic carbocycles. The number of aryl methyl sites for hydroxylation is 1. The van der Waals surface area contributed by atoms with Crippen LogP contribution in [0, 0.1) is 0 Å². The fourth-order valence-corrected chi connectivity index (χ4v) is 6.09. The molecule has 0 atom stereocenters. The van der Waals surface area contributed by atoms with Crippen molar-refractivity contribution < 1.29 is 0 Å². The van der Waals surface area contributed by atoms with Gasteiger partial charge in [-0.1, -0.05) is 60.7 Å². The highest BCUT2D eigenvalue weighted by Crippen LogP contribution is 2.46. The molecule has 0 N–H and O–H groups in total. The molecule has 8 rings (SSSR count). The van der Waals surface area contributed by atoms with Crippen LogP contribution in [0.2, 0.25) is 0 Å². The van der Waals surface area contributed by atoms with Crippen LogP contribution in [0.15, 0.2) is 116 Å². The van der Waals surface area contributed by atoms with Crippen LogP contribution >= 0.6 is 0 Å². The van der Waals surface area contributed by atoms with Gasteiger partial charge in [0.2, 0.25) is 0 Å². The lowest BCUT2D eigenvalue weighted by molar-refractivity contribution is 0.925. The van der Waals surface area contributed by atoms with Gasteiger partial charge in [0.1, 0.15) is 5.82 Å². The Labute approximate surface area is 215 Å². The number of benzene rings is 4. The van der Waals surface area contributed by atoms with E-state index >= 15 is 0 Å². The lowest BCUT2D eigenvalue weighted by atomic mass is 9.43. The normalized spacial score (nSPS) is 12.9. The van der Waals surface area contributed by atoms with Crippen molar-refractivity contribution in [2.24, 2.45) is 7.05 Å². The van der Waals surface area contributed by atoms with Crippen LogP contribution in [0.3, 0.4) is 0 Å². The highest BCUT2D eigenvalue weighted by molar-refractivity contribution is 6.92. The first-order chi connectivity index (χ1) is 18.3. The zero-order valence-electron chi connectivity index (χ0n) is 20.3. The maximum absolute atomic E-state index is 4.65. The number of anilines is 2. The summed E-state index contributed by atoms with van der Waals surface area (Å²) in [6.45, 7) is 0.0264. The van der Waals surface area contributed by atoms with Gasteiger partial charge >= 0.3 is 6.85 Å². The number of aromatic nitrogens is 4. The van der Waals surface area contributed by atoms with Crippen molar-refractivity contribution in [1.29, 1.82) is 0 Å². The summed E-state index contributed by atoms with van der Waals surface area (Å²) in [5.74, 6) is 0.969. The van der Waals surface area contributed by atoms with E-state index in [1.807, 2.05) is 38.2 Å². The number of nitrogens with zero attached hydrogens (tertiary/aromatic N) is 5. The molecule has 174 valence electrons. The average Bonchev–Trinajstić information content (AvgIpc) is 3.64. The minimum Gasteiger partial charge on any atom is -0.376 e. The summed E-state index contributed by atoms with van der Waals surface area (Å²) in [5.41, 5.74) is 12.3. The first-order valence-corrected chi connectivity index (χ1v) is 12.5. The van der Waals surface area contributed by atoms with Gasteiger partial charge in [-0.3, -0.25) is 0 Å². The first kappa shape index (κ1) is 20.4. The molecule has 6 aromatic rings. The molecule has 0 unspecified atom stereocenters. The second-order valence-electron chi connectivity index (χ2n) is 9.71. The molecule has 2 aromatic heterocycles. The average molecular weight is 475 g/mol. The van der Waals surface area contributed by atoms with Crippen molar-refractivity contribution in [3.8, 4) is 39.3 Å². The summed E-state index contributed by atoms with van der Waals surface area (Å²) in [4.78, 5) is 11.5. The molecule has 5 nitrogen and oxygen atoms in total. The Morgan fingerprint density at radius 2 is 1.38 bits per heavy atom. The van der Waals surface area contributed by atoms with Gasteiger partial charge in [-0.2, -0.15) is 0 Å². The maximum Gasteiger partial charge on any atom is 0.329 e. The second kappa shape index (κ2) is 7.58. The smallest absolute Gasteiger partial charge is 0.329 e. The van der Waals surface area contributed by atoms with E-state index < -0.39 is 0 Å². The number of hydrogen-bond acceptors (Lipinski definition) is 3. The van der Waals surface area contributed by atoms with Crippen molar-refractivity contribution in [2.75, 3.05) is 4.81 Å². The lowest BCUT2D eigenvalue weighted by Crippen LogP contribution is -2.59. The summed E-state index contributed by atoms with van der Waals surface area (Å²) < 4.78 is 4.16. The Bertz CT molecular complexity index is 1820. The third-order valence-electron chi connectivity index (χ3n) is 7.72. The van der Waals surface area contributed by atoms with Gasteiger partial charge in [-0.25, -0.2) is 9.97 Å². The van der Waals surface area contributed by atoms with Gasteiger partial charge in [-0.15, -0.1) is 0 Å². The maximum atomic E-state index is 4.65. The third kappa shape index (κ3) is 2.87. The van der Waals surface area contributed by atoms with E-state index in [-0.39, 0.29) is 6.85 Å². The van der Waals surface area contributed by atoms with Crippen LogP contribution in [0.4, 0.5) is 11.4 Å². The second-order valence-corrected chi connectivity index (χ2v) is 9.71. The topological polar surface area (TPSA) is 38.9 Å². The van der Waals surface area contributed by atoms with E-state index in [4.69, 9.17) is 0 Å². The molecule has 2 aliphatic heterocycles. The Hall–Kier alpha value is -4.84. The Balaban J connectivity index is 1.46. The number of fused-ring (bicyclic) bond motifs is 11. The van der Waals surface area contributed by atoms with Gasteiger partial charge in [0, 0.05) is 65.6 Å². The molecule has 0 aliphatic carbocycles. The molecule has 0 bridgehead atoms.